The standard InChI is InChI=1S/C32H42N/c1-5-23(6-2)26-15-16-29-27(19-26)17-18-33(4)32(29)31-21-28(24-11-7-8-12-24)20-30(22(31)3)25-13-9-10-14-25/h15-21,23-25H,5-14H2,1-4H3/q+1. The third-order valence-electron chi connectivity index (χ3n) is 8.97. The Morgan fingerprint density at radius 3 is 2.18 bits per heavy atom. The van der Waals surface area contributed by atoms with Gasteiger partial charge < -0.3 is 0 Å². The topological polar surface area (TPSA) is 3.88 Å². The summed E-state index contributed by atoms with van der Waals surface area (Å²) < 4.78 is 2.37. The highest BCUT2D eigenvalue weighted by Crippen LogP contribution is 2.43. The maximum absolute atomic E-state index is 2.63. The fourth-order valence-corrected chi connectivity index (χ4v) is 6.90. The zero-order valence-electron chi connectivity index (χ0n) is 21.3. The molecule has 2 aliphatic rings. The van der Waals surface area contributed by atoms with E-state index < -0.39 is 0 Å². The van der Waals surface area contributed by atoms with Gasteiger partial charge in [-0.05, 0) is 103 Å². The zero-order chi connectivity index (χ0) is 22.9. The Labute approximate surface area is 201 Å². The Bertz CT molecular complexity index is 1120. The molecule has 0 unspecified atom stereocenters. The number of benzene rings is 2. The second-order valence-electron chi connectivity index (χ2n) is 10.9. The summed E-state index contributed by atoms with van der Waals surface area (Å²) in [5, 5.41) is 2.79. The number of nitrogens with zero attached hydrogens (tertiary/aromatic N) is 1. The molecule has 0 amide bonds. The molecule has 2 fully saturated rings. The quantitative estimate of drug-likeness (QED) is 0.337. The first-order chi connectivity index (χ1) is 16.1. The molecule has 0 saturated heterocycles. The first-order valence-corrected chi connectivity index (χ1v) is 13.7. The van der Waals surface area contributed by atoms with E-state index in [1.54, 1.807) is 11.1 Å². The summed E-state index contributed by atoms with van der Waals surface area (Å²) in [6, 6.07) is 14.8. The normalized spacial score (nSPS) is 17.6. The van der Waals surface area contributed by atoms with Crippen molar-refractivity contribution in [3.8, 4) is 11.3 Å². The van der Waals surface area contributed by atoms with Gasteiger partial charge in [-0.2, -0.15) is 0 Å². The van der Waals surface area contributed by atoms with Gasteiger partial charge in [0.15, 0.2) is 6.20 Å². The van der Waals surface area contributed by atoms with Crippen molar-refractivity contribution in [3.05, 3.63) is 64.8 Å². The second-order valence-corrected chi connectivity index (χ2v) is 10.9. The Balaban J connectivity index is 1.70. The molecule has 33 heavy (non-hydrogen) atoms. The van der Waals surface area contributed by atoms with Gasteiger partial charge in [-0.3, -0.25) is 0 Å². The van der Waals surface area contributed by atoms with Gasteiger partial charge in [-0.15, -0.1) is 0 Å². The van der Waals surface area contributed by atoms with Gasteiger partial charge in [-0.25, -0.2) is 4.57 Å². The van der Waals surface area contributed by atoms with E-state index in [0.29, 0.717) is 5.92 Å². The monoisotopic (exact) mass is 440 g/mol. The number of hydrogen-bond donors (Lipinski definition) is 0. The minimum atomic E-state index is 0.660. The lowest BCUT2D eigenvalue weighted by atomic mass is 9.83. The third kappa shape index (κ3) is 4.25. The summed E-state index contributed by atoms with van der Waals surface area (Å²) >= 11 is 0. The molecule has 1 aromatic heterocycles. The zero-order valence-corrected chi connectivity index (χ0v) is 21.3. The van der Waals surface area contributed by atoms with Crippen molar-refractivity contribution < 1.29 is 4.57 Å². The van der Waals surface area contributed by atoms with Crippen LogP contribution in [-0.2, 0) is 7.05 Å². The highest BCUT2D eigenvalue weighted by Gasteiger charge is 2.27. The summed E-state index contributed by atoms with van der Waals surface area (Å²) in [7, 11) is 2.24. The van der Waals surface area contributed by atoms with E-state index in [2.05, 4.69) is 75.0 Å². The van der Waals surface area contributed by atoms with Crippen LogP contribution in [0.5, 0.6) is 0 Å². The van der Waals surface area contributed by atoms with Gasteiger partial charge >= 0.3 is 0 Å². The summed E-state index contributed by atoms with van der Waals surface area (Å²) in [4.78, 5) is 0. The number of hydrogen-bond acceptors (Lipinski definition) is 0. The molecule has 1 nitrogen and oxygen atoms in total. The van der Waals surface area contributed by atoms with E-state index in [1.165, 1.54) is 97.4 Å². The third-order valence-corrected chi connectivity index (χ3v) is 8.97. The van der Waals surface area contributed by atoms with Gasteiger partial charge in [0, 0.05) is 6.07 Å². The van der Waals surface area contributed by atoms with Crippen molar-refractivity contribution in [2.24, 2.45) is 7.05 Å². The molecular formula is C32H42N+. The lowest BCUT2D eigenvalue weighted by Crippen LogP contribution is -2.31. The summed E-state index contributed by atoms with van der Waals surface area (Å²) in [6.07, 6.45) is 15.8. The second kappa shape index (κ2) is 9.61. The molecule has 5 rings (SSSR count). The number of fused-ring (bicyclic) bond motifs is 1. The number of aromatic nitrogens is 1. The van der Waals surface area contributed by atoms with Crippen LogP contribution in [0.2, 0.25) is 0 Å². The van der Waals surface area contributed by atoms with E-state index in [4.69, 9.17) is 0 Å². The maximum atomic E-state index is 2.63. The van der Waals surface area contributed by atoms with Crippen molar-refractivity contribution in [1.29, 1.82) is 0 Å². The molecular weight excluding hydrogens is 398 g/mol. The Hall–Kier alpha value is -2.15. The van der Waals surface area contributed by atoms with Crippen LogP contribution >= 0.6 is 0 Å². The van der Waals surface area contributed by atoms with Gasteiger partial charge in [0.1, 0.15) is 7.05 Å². The molecule has 2 saturated carbocycles. The highest BCUT2D eigenvalue weighted by atomic mass is 14.9. The van der Waals surface area contributed by atoms with Crippen molar-refractivity contribution >= 4 is 10.8 Å². The summed E-state index contributed by atoms with van der Waals surface area (Å²) in [5.74, 6) is 2.17. The fourth-order valence-electron chi connectivity index (χ4n) is 6.90. The van der Waals surface area contributed by atoms with Crippen LogP contribution in [0.15, 0.2) is 42.6 Å². The summed E-state index contributed by atoms with van der Waals surface area (Å²) in [6.45, 7) is 7.03. The van der Waals surface area contributed by atoms with Crippen LogP contribution in [0, 0.1) is 6.92 Å². The van der Waals surface area contributed by atoms with Crippen LogP contribution < -0.4 is 4.57 Å². The van der Waals surface area contributed by atoms with Gasteiger partial charge in [0.25, 0.3) is 0 Å². The van der Waals surface area contributed by atoms with Gasteiger partial charge in [0.2, 0.25) is 5.69 Å². The van der Waals surface area contributed by atoms with E-state index in [1.807, 2.05) is 0 Å². The van der Waals surface area contributed by atoms with Gasteiger partial charge in [0.05, 0.1) is 10.9 Å². The van der Waals surface area contributed by atoms with Crippen LogP contribution in [0.25, 0.3) is 22.0 Å². The molecule has 2 aromatic carbocycles. The predicted octanol–water partition coefficient (Wildman–Crippen LogP) is 8.86. The van der Waals surface area contributed by atoms with Crippen LogP contribution in [0.1, 0.15) is 118 Å². The molecule has 174 valence electrons. The molecule has 0 radical (unpaired) electrons. The lowest BCUT2D eigenvalue weighted by molar-refractivity contribution is -0.659. The Kier molecular flexibility index (Phi) is 6.59. The van der Waals surface area contributed by atoms with Crippen LogP contribution in [0.3, 0.4) is 0 Å². The fraction of sp³-hybridized carbons (Fsp3) is 0.531. The minimum absolute atomic E-state index is 0.660. The van der Waals surface area contributed by atoms with Crippen molar-refractivity contribution in [2.45, 2.75) is 103 Å². The van der Waals surface area contributed by atoms with Crippen molar-refractivity contribution in [3.63, 3.8) is 0 Å². The average Bonchev–Trinajstić information content (AvgIpc) is 3.55. The lowest BCUT2D eigenvalue weighted by Gasteiger charge is -2.21. The number of pyridine rings is 1. The molecule has 1 heteroatoms. The molecule has 3 aromatic rings. The first-order valence-electron chi connectivity index (χ1n) is 13.7. The average molecular weight is 441 g/mol. The molecule has 0 N–H and O–H groups in total. The molecule has 1 heterocycles. The molecule has 0 aliphatic heterocycles. The van der Waals surface area contributed by atoms with E-state index >= 15 is 0 Å². The molecule has 0 atom stereocenters. The number of rotatable bonds is 6. The SMILES string of the molecule is CCC(CC)c1ccc2c(-c3cc(C4CCCC4)cc(C4CCCC4)c3C)[n+](C)ccc2c1. The highest BCUT2D eigenvalue weighted by molar-refractivity contribution is 5.94. The first kappa shape index (κ1) is 22.6. The smallest absolute Gasteiger partial charge is 0.200 e. The largest absolute Gasteiger partial charge is 0.220 e. The van der Waals surface area contributed by atoms with E-state index in [-0.39, 0.29) is 0 Å². The van der Waals surface area contributed by atoms with Crippen molar-refractivity contribution in [1.82, 2.24) is 0 Å². The van der Waals surface area contributed by atoms with Crippen LogP contribution in [0.4, 0.5) is 0 Å². The maximum Gasteiger partial charge on any atom is 0.220 e. The van der Waals surface area contributed by atoms with E-state index in [9.17, 15) is 0 Å². The minimum Gasteiger partial charge on any atom is -0.200 e. The number of aryl methyl sites for hydroxylation is 1. The van der Waals surface area contributed by atoms with Gasteiger partial charge in [-0.1, -0.05) is 57.7 Å². The Morgan fingerprint density at radius 1 is 0.848 bits per heavy atom. The molecule has 0 bridgehead atoms. The van der Waals surface area contributed by atoms with E-state index in [0.717, 1.165) is 11.8 Å². The van der Waals surface area contributed by atoms with Crippen molar-refractivity contribution in [2.75, 3.05) is 0 Å². The Morgan fingerprint density at radius 2 is 1.52 bits per heavy atom. The van der Waals surface area contributed by atoms with Crippen LogP contribution in [-0.4, -0.2) is 0 Å². The summed E-state index contributed by atoms with van der Waals surface area (Å²) in [5.41, 5.74) is 9.16. The molecule has 2 aliphatic carbocycles. The molecule has 0 spiro atoms. The predicted molar refractivity (Wildman–Crippen MR) is 141 cm³/mol.